The second-order valence-electron chi connectivity index (χ2n) is 3.65. The maximum Gasteiger partial charge on any atom is 0.416 e. The van der Waals surface area contributed by atoms with Crippen molar-refractivity contribution in [2.45, 2.75) is 12.7 Å². The van der Waals surface area contributed by atoms with Crippen molar-refractivity contribution in [2.75, 3.05) is 0 Å². The molecule has 0 aliphatic heterocycles. The number of nitrogens with zero attached hydrogens (tertiary/aromatic N) is 3. The zero-order chi connectivity index (χ0) is 13.2. The fourth-order valence-corrected chi connectivity index (χ4v) is 1.43. The molecular formula is C11H8F3N3O. The van der Waals surface area contributed by atoms with Crippen LogP contribution in [0.2, 0.25) is 0 Å². The largest absolute Gasteiger partial charge is 0.416 e. The Balaban J connectivity index is 2.13. The first-order chi connectivity index (χ1) is 8.49. The Labute approximate surface area is 100 Å². The number of alkyl halides is 3. The number of aldehydes is 1. The van der Waals surface area contributed by atoms with E-state index in [1.165, 1.54) is 23.0 Å². The van der Waals surface area contributed by atoms with Crippen LogP contribution in [-0.2, 0) is 12.7 Å². The summed E-state index contributed by atoms with van der Waals surface area (Å²) < 4.78 is 38.4. The summed E-state index contributed by atoms with van der Waals surface area (Å²) in [5.41, 5.74) is 0.130. The second kappa shape index (κ2) is 4.59. The maximum absolute atomic E-state index is 12.3. The first-order valence-corrected chi connectivity index (χ1v) is 5.00. The summed E-state index contributed by atoms with van der Waals surface area (Å²) in [6.45, 7) is 0.263. The molecule has 0 radical (unpaired) electrons. The topological polar surface area (TPSA) is 47.8 Å². The third kappa shape index (κ3) is 2.73. The lowest BCUT2D eigenvalue weighted by molar-refractivity contribution is -0.137. The lowest BCUT2D eigenvalue weighted by Crippen LogP contribution is -2.05. The third-order valence-corrected chi connectivity index (χ3v) is 2.30. The number of carbonyl (C=O) groups is 1. The molecule has 1 aromatic heterocycles. The highest BCUT2D eigenvalue weighted by Crippen LogP contribution is 2.29. The van der Waals surface area contributed by atoms with Crippen LogP contribution in [0.4, 0.5) is 13.2 Å². The van der Waals surface area contributed by atoms with Gasteiger partial charge in [0.1, 0.15) is 5.69 Å². The molecule has 0 amide bonds. The van der Waals surface area contributed by atoms with E-state index >= 15 is 0 Å². The van der Waals surface area contributed by atoms with Gasteiger partial charge in [-0.3, -0.25) is 4.79 Å². The Morgan fingerprint density at radius 2 is 1.89 bits per heavy atom. The molecular weight excluding hydrogens is 247 g/mol. The van der Waals surface area contributed by atoms with Gasteiger partial charge in [-0.1, -0.05) is 17.3 Å². The average Bonchev–Trinajstić information content (AvgIpc) is 2.76. The van der Waals surface area contributed by atoms with Gasteiger partial charge in [-0.15, -0.1) is 5.10 Å². The highest BCUT2D eigenvalue weighted by molar-refractivity contribution is 5.70. The van der Waals surface area contributed by atoms with Crippen LogP contribution in [0.3, 0.4) is 0 Å². The van der Waals surface area contributed by atoms with Crippen molar-refractivity contribution in [1.82, 2.24) is 15.0 Å². The van der Waals surface area contributed by atoms with Crippen molar-refractivity contribution in [1.29, 1.82) is 0 Å². The quantitative estimate of drug-likeness (QED) is 0.789. The molecule has 0 atom stereocenters. The van der Waals surface area contributed by atoms with Crippen LogP contribution in [0.1, 0.15) is 21.6 Å². The molecule has 0 N–H and O–H groups in total. The van der Waals surface area contributed by atoms with E-state index in [2.05, 4.69) is 10.3 Å². The van der Waals surface area contributed by atoms with Crippen LogP contribution in [-0.4, -0.2) is 21.3 Å². The maximum atomic E-state index is 12.3. The lowest BCUT2D eigenvalue weighted by Gasteiger charge is -2.07. The van der Waals surface area contributed by atoms with Crippen molar-refractivity contribution in [3.8, 4) is 0 Å². The van der Waals surface area contributed by atoms with Crippen molar-refractivity contribution in [3.05, 3.63) is 47.3 Å². The van der Waals surface area contributed by atoms with E-state index in [0.717, 1.165) is 12.1 Å². The number of benzene rings is 1. The van der Waals surface area contributed by atoms with E-state index in [4.69, 9.17) is 0 Å². The van der Waals surface area contributed by atoms with Gasteiger partial charge in [-0.05, 0) is 17.7 Å². The van der Waals surface area contributed by atoms with Crippen LogP contribution < -0.4 is 0 Å². The van der Waals surface area contributed by atoms with Gasteiger partial charge in [0.05, 0.1) is 18.3 Å². The lowest BCUT2D eigenvalue weighted by atomic mass is 10.1. The van der Waals surface area contributed by atoms with Gasteiger partial charge in [0.15, 0.2) is 6.29 Å². The molecule has 2 aromatic rings. The first kappa shape index (κ1) is 12.3. The number of hydrogen-bond acceptors (Lipinski definition) is 3. The number of aromatic nitrogens is 3. The number of halogens is 3. The molecule has 94 valence electrons. The fourth-order valence-electron chi connectivity index (χ4n) is 1.43. The zero-order valence-corrected chi connectivity index (χ0v) is 9.05. The molecule has 0 spiro atoms. The number of rotatable bonds is 3. The molecule has 4 nitrogen and oxygen atoms in total. The molecule has 0 fully saturated rings. The van der Waals surface area contributed by atoms with Gasteiger partial charge in [0, 0.05) is 0 Å². The van der Waals surface area contributed by atoms with Gasteiger partial charge in [-0.2, -0.15) is 13.2 Å². The standard InChI is InChI=1S/C11H8F3N3O/c12-11(13,14)9-3-1-8(2-4-9)5-17-6-10(7-18)15-16-17/h1-4,6-7H,5H2. The predicted octanol–water partition coefficient (Wildman–Crippen LogP) is 2.16. The molecule has 0 saturated heterocycles. The summed E-state index contributed by atoms with van der Waals surface area (Å²) in [6.07, 6.45) is -2.36. The van der Waals surface area contributed by atoms with Crippen LogP contribution in [0.25, 0.3) is 0 Å². The minimum Gasteiger partial charge on any atom is -0.296 e. The molecule has 0 saturated carbocycles. The van der Waals surface area contributed by atoms with Gasteiger partial charge in [0.2, 0.25) is 0 Å². The smallest absolute Gasteiger partial charge is 0.296 e. The van der Waals surface area contributed by atoms with E-state index in [9.17, 15) is 18.0 Å². The second-order valence-corrected chi connectivity index (χ2v) is 3.65. The summed E-state index contributed by atoms with van der Waals surface area (Å²) in [6, 6.07) is 4.75. The highest BCUT2D eigenvalue weighted by atomic mass is 19.4. The minimum absolute atomic E-state index is 0.182. The molecule has 0 aliphatic rings. The van der Waals surface area contributed by atoms with Crippen LogP contribution in [0, 0.1) is 0 Å². The molecule has 7 heteroatoms. The number of carbonyl (C=O) groups excluding carboxylic acids is 1. The predicted molar refractivity (Wildman–Crippen MR) is 56.0 cm³/mol. The van der Waals surface area contributed by atoms with Crippen LogP contribution >= 0.6 is 0 Å². The molecule has 0 aliphatic carbocycles. The van der Waals surface area contributed by atoms with Crippen LogP contribution in [0.5, 0.6) is 0 Å². The summed E-state index contributed by atoms with van der Waals surface area (Å²) in [7, 11) is 0. The van der Waals surface area contributed by atoms with Crippen molar-refractivity contribution in [2.24, 2.45) is 0 Å². The Kier molecular flexibility index (Phi) is 3.14. The third-order valence-electron chi connectivity index (χ3n) is 2.30. The molecule has 0 unspecified atom stereocenters. The molecule has 0 bridgehead atoms. The Bertz CT molecular complexity index is 545. The first-order valence-electron chi connectivity index (χ1n) is 5.00. The fraction of sp³-hybridized carbons (Fsp3) is 0.182. The summed E-state index contributed by atoms with van der Waals surface area (Å²) in [4.78, 5) is 10.4. The molecule has 1 heterocycles. The Hall–Kier alpha value is -2.18. The highest BCUT2D eigenvalue weighted by Gasteiger charge is 2.29. The normalized spacial score (nSPS) is 11.5. The zero-order valence-electron chi connectivity index (χ0n) is 9.05. The van der Waals surface area contributed by atoms with E-state index in [0.29, 0.717) is 11.8 Å². The molecule has 2 rings (SSSR count). The van der Waals surface area contributed by atoms with Gasteiger partial charge < -0.3 is 0 Å². The van der Waals surface area contributed by atoms with Crippen molar-refractivity contribution < 1.29 is 18.0 Å². The monoisotopic (exact) mass is 255 g/mol. The van der Waals surface area contributed by atoms with E-state index in [-0.39, 0.29) is 12.2 Å². The average molecular weight is 255 g/mol. The SMILES string of the molecule is O=Cc1cn(Cc2ccc(C(F)(F)F)cc2)nn1. The van der Waals surface area contributed by atoms with Gasteiger partial charge >= 0.3 is 6.18 Å². The Morgan fingerprint density at radius 1 is 1.22 bits per heavy atom. The van der Waals surface area contributed by atoms with Gasteiger partial charge in [-0.25, -0.2) is 4.68 Å². The minimum atomic E-state index is -4.34. The van der Waals surface area contributed by atoms with E-state index < -0.39 is 11.7 Å². The Morgan fingerprint density at radius 3 is 2.39 bits per heavy atom. The van der Waals surface area contributed by atoms with Crippen molar-refractivity contribution in [3.63, 3.8) is 0 Å². The summed E-state index contributed by atoms with van der Waals surface area (Å²) in [5, 5.41) is 7.22. The van der Waals surface area contributed by atoms with E-state index in [1.807, 2.05) is 0 Å². The van der Waals surface area contributed by atoms with E-state index in [1.54, 1.807) is 0 Å². The van der Waals surface area contributed by atoms with Crippen LogP contribution in [0.15, 0.2) is 30.5 Å². The summed E-state index contributed by atoms with van der Waals surface area (Å²) >= 11 is 0. The van der Waals surface area contributed by atoms with Gasteiger partial charge in [0.25, 0.3) is 0 Å². The van der Waals surface area contributed by atoms with Crippen molar-refractivity contribution >= 4 is 6.29 Å². The number of hydrogen-bond donors (Lipinski definition) is 0. The summed E-state index contributed by atoms with van der Waals surface area (Å²) in [5.74, 6) is 0. The molecule has 18 heavy (non-hydrogen) atoms. The molecule has 1 aromatic carbocycles.